The van der Waals surface area contributed by atoms with E-state index >= 15 is 0 Å². The van der Waals surface area contributed by atoms with Crippen LogP contribution in [0.5, 0.6) is 0 Å². The molecule has 0 unspecified atom stereocenters. The molecule has 1 atom stereocenters. The third-order valence-corrected chi connectivity index (χ3v) is 4.43. The van der Waals surface area contributed by atoms with Gasteiger partial charge in [0.1, 0.15) is 12.7 Å². The lowest BCUT2D eigenvalue weighted by Crippen LogP contribution is -2.38. The van der Waals surface area contributed by atoms with E-state index < -0.39 is 0 Å². The van der Waals surface area contributed by atoms with Crippen molar-refractivity contribution in [2.75, 3.05) is 19.6 Å². The van der Waals surface area contributed by atoms with Crippen LogP contribution in [0.4, 0.5) is 0 Å². The highest BCUT2D eigenvalue weighted by Gasteiger charge is 2.22. The Bertz CT molecular complexity index is 755. The number of hydrogen-bond acceptors (Lipinski definition) is 6. The first-order chi connectivity index (χ1) is 11.9. The Morgan fingerprint density at radius 3 is 2.96 bits per heavy atom. The molecular weight excluding hydrogens is 304 g/mol. The van der Waals surface area contributed by atoms with Gasteiger partial charge in [0, 0.05) is 25.1 Å². The molecule has 4 rings (SSSR count). The first-order valence-corrected chi connectivity index (χ1v) is 8.33. The standard InChI is InChI=1S/C17H20N6O/c1-2-5-14(6-3-1)17-20-16(24-21-17)8-10-22-9-4-7-15(11-22)23-13-18-12-19-23/h1-3,5-6,12-13,15H,4,7-11H2/t15-/m0/s1. The van der Waals surface area contributed by atoms with Crippen LogP contribution in [0.3, 0.4) is 0 Å². The van der Waals surface area contributed by atoms with Crippen molar-refractivity contribution >= 4 is 0 Å². The summed E-state index contributed by atoms with van der Waals surface area (Å²) in [6, 6.07) is 10.3. The smallest absolute Gasteiger partial charge is 0.228 e. The molecule has 0 saturated carbocycles. The van der Waals surface area contributed by atoms with Gasteiger partial charge in [0.2, 0.25) is 11.7 Å². The molecule has 1 aromatic carbocycles. The summed E-state index contributed by atoms with van der Waals surface area (Å²) in [5, 5.41) is 8.35. The molecule has 0 bridgehead atoms. The summed E-state index contributed by atoms with van der Waals surface area (Å²) in [7, 11) is 0. The second-order valence-electron chi connectivity index (χ2n) is 6.10. The minimum atomic E-state index is 0.406. The Morgan fingerprint density at radius 2 is 2.12 bits per heavy atom. The molecule has 1 saturated heterocycles. The summed E-state index contributed by atoms with van der Waals surface area (Å²) in [6.07, 6.45) is 6.49. The van der Waals surface area contributed by atoms with E-state index in [2.05, 4.69) is 25.1 Å². The number of likely N-dealkylation sites (tertiary alicyclic amines) is 1. The zero-order valence-corrected chi connectivity index (χ0v) is 13.5. The topological polar surface area (TPSA) is 72.9 Å². The molecule has 0 radical (unpaired) electrons. The van der Waals surface area contributed by atoms with E-state index in [-0.39, 0.29) is 0 Å². The number of nitrogens with zero attached hydrogens (tertiary/aromatic N) is 6. The molecule has 124 valence electrons. The van der Waals surface area contributed by atoms with Gasteiger partial charge in [0.05, 0.1) is 6.04 Å². The molecule has 2 aromatic heterocycles. The first kappa shape index (κ1) is 15.0. The molecule has 0 amide bonds. The highest BCUT2D eigenvalue weighted by Crippen LogP contribution is 2.20. The summed E-state index contributed by atoms with van der Waals surface area (Å²) < 4.78 is 7.36. The van der Waals surface area contributed by atoms with Gasteiger partial charge in [0.25, 0.3) is 0 Å². The lowest BCUT2D eigenvalue weighted by Gasteiger charge is -2.32. The van der Waals surface area contributed by atoms with Crippen molar-refractivity contribution in [2.24, 2.45) is 0 Å². The molecule has 1 fully saturated rings. The van der Waals surface area contributed by atoms with E-state index in [1.807, 2.05) is 35.0 Å². The zero-order chi connectivity index (χ0) is 16.2. The van der Waals surface area contributed by atoms with Crippen molar-refractivity contribution in [3.63, 3.8) is 0 Å². The molecule has 1 aliphatic heterocycles. The fourth-order valence-electron chi connectivity index (χ4n) is 3.17. The van der Waals surface area contributed by atoms with E-state index in [1.165, 1.54) is 6.42 Å². The molecule has 1 aliphatic rings. The minimum absolute atomic E-state index is 0.406. The fourth-order valence-corrected chi connectivity index (χ4v) is 3.17. The van der Waals surface area contributed by atoms with Crippen molar-refractivity contribution in [3.8, 4) is 11.4 Å². The first-order valence-electron chi connectivity index (χ1n) is 8.33. The molecular formula is C17H20N6O. The van der Waals surface area contributed by atoms with E-state index in [4.69, 9.17) is 4.52 Å². The third kappa shape index (κ3) is 3.35. The second kappa shape index (κ2) is 6.92. The van der Waals surface area contributed by atoms with Crippen molar-refractivity contribution in [1.29, 1.82) is 0 Å². The predicted molar refractivity (Wildman–Crippen MR) is 88.2 cm³/mol. The average Bonchev–Trinajstić information content (AvgIpc) is 3.33. The Hall–Kier alpha value is -2.54. The van der Waals surface area contributed by atoms with Crippen molar-refractivity contribution in [2.45, 2.75) is 25.3 Å². The summed E-state index contributed by atoms with van der Waals surface area (Å²) in [6.45, 7) is 3.01. The maximum absolute atomic E-state index is 5.39. The van der Waals surface area contributed by atoms with Crippen LogP contribution in [0.25, 0.3) is 11.4 Å². The van der Waals surface area contributed by atoms with Crippen LogP contribution in [0.15, 0.2) is 47.5 Å². The normalized spacial score (nSPS) is 18.8. The van der Waals surface area contributed by atoms with Gasteiger partial charge in [-0.25, -0.2) is 9.67 Å². The Labute approximate surface area is 140 Å². The van der Waals surface area contributed by atoms with Crippen LogP contribution in [0.1, 0.15) is 24.8 Å². The van der Waals surface area contributed by atoms with Crippen LogP contribution in [-0.4, -0.2) is 49.4 Å². The van der Waals surface area contributed by atoms with E-state index in [0.29, 0.717) is 17.8 Å². The van der Waals surface area contributed by atoms with Gasteiger partial charge < -0.3 is 9.42 Å². The van der Waals surface area contributed by atoms with Gasteiger partial charge >= 0.3 is 0 Å². The quantitative estimate of drug-likeness (QED) is 0.716. The summed E-state index contributed by atoms with van der Waals surface area (Å²) >= 11 is 0. The highest BCUT2D eigenvalue weighted by molar-refractivity contribution is 5.53. The van der Waals surface area contributed by atoms with Crippen LogP contribution >= 0.6 is 0 Å². The Kier molecular flexibility index (Phi) is 4.33. The SMILES string of the molecule is c1ccc(-c2noc(CCN3CCC[C@H](n4cncn4)C3)n2)cc1. The fraction of sp³-hybridized carbons (Fsp3) is 0.412. The number of piperidine rings is 1. The average molecular weight is 324 g/mol. The minimum Gasteiger partial charge on any atom is -0.339 e. The number of benzene rings is 1. The second-order valence-corrected chi connectivity index (χ2v) is 6.10. The van der Waals surface area contributed by atoms with Gasteiger partial charge in [0.15, 0.2) is 0 Å². The molecule has 7 nitrogen and oxygen atoms in total. The van der Waals surface area contributed by atoms with Crippen LogP contribution in [0.2, 0.25) is 0 Å². The summed E-state index contributed by atoms with van der Waals surface area (Å²) in [5.74, 6) is 1.35. The maximum Gasteiger partial charge on any atom is 0.228 e. The van der Waals surface area contributed by atoms with Crippen LogP contribution in [0, 0.1) is 0 Å². The molecule has 3 heterocycles. The van der Waals surface area contributed by atoms with Crippen LogP contribution < -0.4 is 0 Å². The maximum atomic E-state index is 5.39. The lowest BCUT2D eigenvalue weighted by molar-refractivity contribution is 0.167. The molecule has 24 heavy (non-hydrogen) atoms. The van der Waals surface area contributed by atoms with Crippen molar-refractivity contribution in [3.05, 3.63) is 48.9 Å². The zero-order valence-electron chi connectivity index (χ0n) is 13.5. The number of aromatic nitrogens is 5. The van der Waals surface area contributed by atoms with Gasteiger partial charge in [-0.3, -0.25) is 0 Å². The number of hydrogen-bond donors (Lipinski definition) is 0. The Morgan fingerprint density at radius 1 is 1.21 bits per heavy atom. The lowest BCUT2D eigenvalue weighted by atomic mass is 10.1. The van der Waals surface area contributed by atoms with E-state index in [0.717, 1.165) is 38.0 Å². The molecule has 0 aliphatic carbocycles. The van der Waals surface area contributed by atoms with Gasteiger partial charge in [-0.15, -0.1) is 0 Å². The number of rotatable bonds is 5. The summed E-state index contributed by atoms with van der Waals surface area (Å²) in [5.41, 5.74) is 0.983. The molecule has 0 spiro atoms. The van der Waals surface area contributed by atoms with Gasteiger partial charge in [-0.2, -0.15) is 10.1 Å². The molecule has 3 aromatic rings. The summed E-state index contributed by atoms with van der Waals surface area (Å²) in [4.78, 5) is 11.0. The van der Waals surface area contributed by atoms with Crippen molar-refractivity contribution < 1.29 is 4.52 Å². The van der Waals surface area contributed by atoms with Gasteiger partial charge in [-0.1, -0.05) is 35.5 Å². The molecule has 0 N–H and O–H groups in total. The highest BCUT2D eigenvalue weighted by atomic mass is 16.5. The largest absolute Gasteiger partial charge is 0.339 e. The van der Waals surface area contributed by atoms with E-state index in [9.17, 15) is 0 Å². The predicted octanol–water partition coefficient (Wildman–Crippen LogP) is 2.21. The van der Waals surface area contributed by atoms with E-state index in [1.54, 1.807) is 12.7 Å². The van der Waals surface area contributed by atoms with Crippen molar-refractivity contribution in [1.82, 2.24) is 29.8 Å². The van der Waals surface area contributed by atoms with Crippen LogP contribution in [-0.2, 0) is 6.42 Å². The van der Waals surface area contributed by atoms with Gasteiger partial charge in [-0.05, 0) is 19.4 Å². The Balaban J connectivity index is 1.34. The molecule has 7 heteroatoms. The monoisotopic (exact) mass is 324 g/mol. The third-order valence-electron chi connectivity index (χ3n) is 4.43.